The third-order valence-corrected chi connectivity index (χ3v) is 5.32. The molecular formula is C20H12Cl2N2O2S. The van der Waals surface area contributed by atoms with Gasteiger partial charge in [-0.3, -0.25) is 4.79 Å². The number of nitrogens with zero attached hydrogens (tertiary/aromatic N) is 1. The second-order valence-electron chi connectivity index (χ2n) is 5.62. The summed E-state index contributed by atoms with van der Waals surface area (Å²) in [5.41, 5.74) is 1.40. The fourth-order valence-electron chi connectivity index (χ4n) is 2.50. The number of thioether (sulfide) groups is 1. The van der Waals surface area contributed by atoms with Gasteiger partial charge in [0.05, 0.1) is 20.6 Å². The van der Waals surface area contributed by atoms with Crippen molar-refractivity contribution in [3.8, 4) is 11.3 Å². The van der Waals surface area contributed by atoms with Gasteiger partial charge in [0.15, 0.2) is 5.17 Å². The molecule has 0 bridgehead atoms. The Hall–Kier alpha value is -2.47. The number of rotatable bonds is 3. The van der Waals surface area contributed by atoms with E-state index in [0.717, 1.165) is 5.56 Å². The minimum Gasteiger partial charge on any atom is -0.457 e. The van der Waals surface area contributed by atoms with Crippen molar-refractivity contribution in [1.29, 1.82) is 0 Å². The van der Waals surface area contributed by atoms with E-state index in [1.54, 1.807) is 30.3 Å². The molecule has 1 aromatic heterocycles. The number of carbonyl (C=O) groups is 1. The molecule has 4 nitrogen and oxygen atoms in total. The summed E-state index contributed by atoms with van der Waals surface area (Å²) in [5.74, 6) is 0.962. The summed E-state index contributed by atoms with van der Waals surface area (Å²) in [6, 6.07) is 18.2. The Morgan fingerprint density at radius 2 is 1.70 bits per heavy atom. The van der Waals surface area contributed by atoms with Gasteiger partial charge in [0, 0.05) is 11.6 Å². The molecule has 1 amide bonds. The second kappa shape index (κ2) is 7.64. The van der Waals surface area contributed by atoms with E-state index < -0.39 is 0 Å². The van der Waals surface area contributed by atoms with Crippen molar-refractivity contribution < 1.29 is 9.21 Å². The summed E-state index contributed by atoms with van der Waals surface area (Å²) >= 11 is 13.5. The zero-order valence-electron chi connectivity index (χ0n) is 13.8. The van der Waals surface area contributed by atoms with Crippen LogP contribution in [-0.4, -0.2) is 11.1 Å². The van der Waals surface area contributed by atoms with E-state index in [2.05, 4.69) is 10.3 Å². The lowest BCUT2D eigenvalue weighted by Gasteiger charge is -1.99. The van der Waals surface area contributed by atoms with Crippen LogP contribution in [0.2, 0.25) is 10.0 Å². The Morgan fingerprint density at radius 1 is 0.963 bits per heavy atom. The third kappa shape index (κ3) is 3.95. The van der Waals surface area contributed by atoms with Crippen molar-refractivity contribution in [3.63, 3.8) is 0 Å². The molecule has 27 heavy (non-hydrogen) atoms. The number of nitrogens with one attached hydrogen (secondary N) is 1. The van der Waals surface area contributed by atoms with Gasteiger partial charge in [0.1, 0.15) is 11.5 Å². The lowest BCUT2D eigenvalue weighted by atomic mass is 10.2. The van der Waals surface area contributed by atoms with Crippen molar-refractivity contribution in [3.05, 3.63) is 81.4 Å². The van der Waals surface area contributed by atoms with Gasteiger partial charge in [-0.2, -0.15) is 0 Å². The number of hydrogen-bond donors (Lipinski definition) is 1. The Morgan fingerprint density at radius 3 is 2.48 bits per heavy atom. The summed E-state index contributed by atoms with van der Waals surface area (Å²) < 4.78 is 5.82. The van der Waals surface area contributed by atoms with Crippen LogP contribution in [0.25, 0.3) is 17.4 Å². The predicted octanol–water partition coefficient (Wildman–Crippen LogP) is 6.15. The highest BCUT2D eigenvalue weighted by Gasteiger charge is 2.24. The summed E-state index contributed by atoms with van der Waals surface area (Å²) in [4.78, 5) is 17.1. The van der Waals surface area contributed by atoms with Crippen LogP contribution >= 0.6 is 35.0 Å². The van der Waals surface area contributed by atoms with E-state index >= 15 is 0 Å². The standard InChI is InChI=1S/C20H12Cl2N2O2S/c21-14-6-2-1-5-13(14)17-10-9-12(26-17)11-18-19(25)24-20(27-18)23-16-8-4-3-7-15(16)22/h1-11H,(H,23,24,25)/b18-11-. The molecule has 0 spiro atoms. The molecule has 134 valence electrons. The molecule has 1 N–H and O–H groups in total. The van der Waals surface area contributed by atoms with Crippen molar-refractivity contribution in [2.24, 2.45) is 4.99 Å². The van der Waals surface area contributed by atoms with E-state index in [-0.39, 0.29) is 5.91 Å². The third-order valence-electron chi connectivity index (χ3n) is 3.76. The van der Waals surface area contributed by atoms with Gasteiger partial charge in [0.25, 0.3) is 5.91 Å². The number of aliphatic imine (C=N–C) groups is 1. The van der Waals surface area contributed by atoms with Crippen molar-refractivity contribution in [2.75, 3.05) is 0 Å². The van der Waals surface area contributed by atoms with Crippen molar-refractivity contribution >= 4 is 57.8 Å². The Labute approximate surface area is 169 Å². The highest BCUT2D eigenvalue weighted by Crippen LogP contribution is 2.33. The van der Waals surface area contributed by atoms with Gasteiger partial charge in [-0.25, -0.2) is 4.99 Å². The van der Waals surface area contributed by atoms with Gasteiger partial charge < -0.3 is 9.73 Å². The van der Waals surface area contributed by atoms with E-state index in [9.17, 15) is 4.79 Å². The molecule has 0 saturated carbocycles. The number of amidine groups is 1. The average Bonchev–Trinajstić information content (AvgIpc) is 3.25. The molecule has 0 aliphatic carbocycles. The smallest absolute Gasteiger partial charge is 0.264 e. The normalized spacial score (nSPS) is 16.9. The maximum atomic E-state index is 12.2. The molecule has 2 heterocycles. The molecule has 4 rings (SSSR count). The molecule has 0 atom stereocenters. The van der Waals surface area contributed by atoms with Crippen LogP contribution in [-0.2, 0) is 4.79 Å². The first-order chi connectivity index (χ1) is 13.1. The summed E-state index contributed by atoms with van der Waals surface area (Å²) in [5, 5.41) is 4.33. The molecule has 1 aliphatic heterocycles. The van der Waals surface area contributed by atoms with Crippen LogP contribution < -0.4 is 5.32 Å². The number of benzene rings is 2. The summed E-state index contributed by atoms with van der Waals surface area (Å²) in [6.07, 6.45) is 1.68. The van der Waals surface area contributed by atoms with E-state index in [1.165, 1.54) is 11.8 Å². The van der Waals surface area contributed by atoms with Crippen molar-refractivity contribution in [2.45, 2.75) is 0 Å². The minimum atomic E-state index is -0.235. The first kappa shape index (κ1) is 17.9. The molecule has 1 fully saturated rings. The molecule has 1 aliphatic rings. The topological polar surface area (TPSA) is 54.6 Å². The molecule has 1 saturated heterocycles. The highest BCUT2D eigenvalue weighted by atomic mass is 35.5. The number of amides is 1. The number of hydrogen-bond acceptors (Lipinski definition) is 4. The maximum absolute atomic E-state index is 12.2. The predicted molar refractivity (Wildman–Crippen MR) is 111 cm³/mol. The number of furan rings is 1. The molecule has 0 radical (unpaired) electrons. The van der Waals surface area contributed by atoms with Gasteiger partial charge in [-0.15, -0.1) is 0 Å². The average molecular weight is 415 g/mol. The zero-order valence-corrected chi connectivity index (χ0v) is 16.1. The molecule has 0 unspecified atom stereocenters. The summed E-state index contributed by atoms with van der Waals surface area (Å²) in [7, 11) is 0. The van der Waals surface area contributed by atoms with Crippen LogP contribution in [0, 0.1) is 0 Å². The molecular weight excluding hydrogens is 403 g/mol. The second-order valence-corrected chi connectivity index (χ2v) is 7.46. The zero-order chi connectivity index (χ0) is 18.8. The maximum Gasteiger partial charge on any atom is 0.264 e. The Bertz CT molecular complexity index is 1090. The molecule has 7 heteroatoms. The lowest BCUT2D eigenvalue weighted by molar-refractivity contribution is -0.115. The lowest BCUT2D eigenvalue weighted by Crippen LogP contribution is -2.19. The minimum absolute atomic E-state index is 0.235. The van der Waals surface area contributed by atoms with Gasteiger partial charge >= 0.3 is 0 Å². The van der Waals surface area contributed by atoms with Crippen LogP contribution in [0.1, 0.15) is 5.76 Å². The van der Waals surface area contributed by atoms with Crippen LogP contribution in [0.4, 0.5) is 5.69 Å². The van der Waals surface area contributed by atoms with E-state index in [0.29, 0.717) is 37.3 Å². The molecule has 2 aromatic carbocycles. The van der Waals surface area contributed by atoms with Crippen molar-refractivity contribution in [1.82, 2.24) is 5.32 Å². The van der Waals surface area contributed by atoms with Crippen LogP contribution in [0.15, 0.2) is 75.0 Å². The number of para-hydroxylation sites is 1. The quantitative estimate of drug-likeness (QED) is 0.523. The Kier molecular flexibility index (Phi) is 5.07. The van der Waals surface area contributed by atoms with Gasteiger partial charge in [-0.05, 0) is 48.2 Å². The number of halogens is 2. The number of carbonyl (C=O) groups excluding carboxylic acids is 1. The van der Waals surface area contributed by atoms with Gasteiger partial charge in [-0.1, -0.05) is 47.5 Å². The fourth-order valence-corrected chi connectivity index (χ4v) is 3.72. The monoisotopic (exact) mass is 414 g/mol. The van der Waals surface area contributed by atoms with E-state index in [4.69, 9.17) is 27.6 Å². The molecule has 3 aromatic rings. The largest absolute Gasteiger partial charge is 0.457 e. The Balaban J connectivity index is 1.58. The van der Waals surface area contributed by atoms with E-state index in [1.807, 2.05) is 36.4 Å². The summed E-state index contributed by atoms with van der Waals surface area (Å²) in [6.45, 7) is 0. The highest BCUT2D eigenvalue weighted by molar-refractivity contribution is 8.18. The SMILES string of the molecule is O=C1NC(=Nc2ccccc2Cl)S/C1=C\c1ccc(-c2ccccc2Cl)o1. The first-order valence-electron chi connectivity index (χ1n) is 7.99. The fraction of sp³-hybridized carbons (Fsp3) is 0. The van der Waals surface area contributed by atoms with Crippen LogP contribution in [0.5, 0.6) is 0 Å². The first-order valence-corrected chi connectivity index (χ1v) is 9.56. The van der Waals surface area contributed by atoms with Gasteiger partial charge in [0.2, 0.25) is 0 Å². The van der Waals surface area contributed by atoms with Crippen LogP contribution in [0.3, 0.4) is 0 Å².